The Morgan fingerprint density at radius 1 is 1.32 bits per heavy atom. The van der Waals surface area contributed by atoms with Crippen molar-refractivity contribution in [3.05, 3.63) is 46.9 Å². The van der Waals surface area contributed by atoms with Crippen LogP contribution < -0.4 is 29.6 Å². The van der Waals surface area contributed by atoms with Crippen LogP contribution in [-0.2, 0) is 16.7 Å². The van der Waals surface area contributed by atoms with Crippen LogP contribution in [0.1, 0.15) is 58.1 Å². The van der Waals surface area contributed by atoms with Crippen LogP contribution in [0.5, 0.6) is 0 Å². The number of nitrogens with zero attached hydrogens (tertiary/aromatic N) is 2. The average Bonchev–Trinajstić information content (AvgIpc) is 2.90. The van der Waals surface area contributed by atoms with Gasteiger partial charge in [-0.25, -0.2) is 0 Å². The van der Waals surface area contributed by atoms with E-state index >= 15 is 0 Å². The van der Waals surface area contributed by atoms with Gasteiger partial charge in [0, 0.05) is 42.4 Å². The Kier molecular flexibility index (Phi) is 7.93. The van der Waals surface area contributed by atoms with Crippen molar-refractivity contribution in [2.45, 2.75) is 52.4 Å². The SMILES string of the molecule is CCC/C(=N\OCC)C1=C(O)CC(c2c(C)c3ccccc3n2C)CC1=O.[H-].[Na+]. The van der Waals surface area contributed by atoms with Crippen molar-refractivity contribution in [1.29, 1.82) is 0 Å². The molecular formula is C22H29N2NaO3. The summed E-state index contributed by atoms with van der Waals surface area (Å²) in [4.78, 5) is 18.1. The Balaban J connectivity index is 0.00000210. The standard InChI is InChI=1S/C22H28N2O3.Na.H/c1-5-9-17(23-27-6-2)21-19(25)12-15(13-20(21)26)22-14(3)16-10-7-8-11-18(16)24(22)4;;/h7-8,10-11,15,25H,5-6,9,12-13H2,1-4H3;;/q;+1;-1/b23-17+;;. The van der Waals surface area contributed by atoms with Gasteiger partial charge in [0.1, 0.15) is 12.4 Å². The molecule has 1 aromatic heterocycles. The number of para-hydroxylation sites is 1. The van der Waals surface area contributed by atoms with Gasteiger partial charge in [-0.2, -0.15) is 0 Å². The molecule has 0 aliphatic heterocycles. The van der Waals surface area contributed by atoms with Gasteiger partial charge >= 0.3 is 29.6 Å². The zero-order valence-electron chi connectivity index (χ0n) is 18.6. The van der Waals surface area contributed by atoms with E-state index in [9.17, 15) is 9.90 Å². The van der Waals surface area contributed by atoms with Gasteiger partial charge in [0.25, 0.3) is 0 Å². The fourth-order valence-corrected chi connectivity index (χ4v) is 4.19. The topological polar surface area (TPSA) is 63.8 Å². The monoisotopic (exact) mass is 392 g/mol. The van der Waals surface area contributed by atoms with Crippen molar-refractivity contribution in [3.8, 4) is 0 Å². The van der Waals surface area contributed by atoms with Crippen molar-refractivity contribution in [2.24, 2.45) is 12.2 Å². The summed E-state index contributed by atoms with van der Waals surface area (Å²) in [5.41, 5.74) is 4.37. The fourth-order valence-electron chi connectivity index (χ4n) is 4.19. The number of aromatic nitrogens is 1. The zero-order valence-corrected chi connectivity index (χ0v) is 19.6. The normalized spacial score (nSPS) is 17.8. The van der Waals surface area contributed by atoms with Crippen LogP contribution in [0, 0.1) is 6.92 Å². The number of hydrogen-bond acceptors (Lipinski definition) is 4. The molecule has 28 heavy (non-hydrogen) atoms. The van der Waals surface area contributed by atoms with Crippen molar-refractivity contribution < 1.29 is 45.7 Å². The van der Waals surface area contributed by atoms with Gasteiger partial charge in [-0.3, -0.25) is 4.79 Å². The number of aliphatic hydroxyl groups excluding tert-OH is 1. The molecule has 1 N–H and O–H groups in total. The van der Waals surface area contributed by atoms with Gasteiger partial charge in [0.05, 0.1) is 11.3 Å². The van der Waals surface area contributed by atoms with Crippen LogP contribution in [-0.4, -0.2) is 27.8 Å². The molecular weight excluding hydrogens is 363 g/mol. The van der Waals surface area contributed by atoms with E-state index in [1.807, 2.05) is 33.0 Å². The number of rotatable bonds is 6. The summed E-state index contributed by atoms with van der Waals surface area (Å²) in [6.45, 7) is 6.40. The molecule has 1 aliphatic rings. The maximum absolute atomic E-state index is 12.9. The number of oxime groups is 1. The Hall–Kier alpha value is -1.56. The number of benzene rings is 1. The van der Waals surface area contributed by atoms with Crippen molar-refractivity contribution >= 4 is 22.4 Å². The summed E-state index contributed by atoms with van der Waals surface area (Å²) in [6, 6.07) is 8.25. The van der Waals surface area contributed by atoms with E-state index in [0.29, 0.717) is 37.2 Å². The number of aryl methyl sites for hydroxylation is 2. The smallest absolute Gasteiger partial charge is 1.00 e. The second-order valence-electron chi connectivity index (χ2n) is 7.14. The molecule has 146 valence electrons. The van der Waals surface area contributed by atoms with Crippen LogP contribution in [0.4, 0.5) is 0 Å². The molecule has 0 spiro atoms. The second-order valence-corrected chi connectivity index (χ2v) is 7.14. The number of carbonyl (C=O) groups is 1. The second kappa shape index (κ2) is 9.77. The maximum atomic E-state index is 12.9. The minimum absolute atomic E-state index is 0. The maximum Gasteiger partial charge on any atom is 1.00 e. The Morgan fingerprint density at radius 2 is 2.04 bits per heavy atom. The van der Waals surface area contributed by atoms with Crippen molar-refractivity contribution in [1.82, 2.24) is 4.57 Å². The summed E-state index contributed by atoms with van der Waals surface area (Å²) in [5.74, 6) is 0.0433. The van der Waals surface area contributed by atoms with Gasteiger partial charge in [-0.05, 0) is 31.9 Å². The number of hydrogen-bond donors (Lipinski definition) is 1. The molecule has 1 heterocycles. The first-order chi connectivity index (χ1) is 13.0. The largest absolute Gasteiger partial charge is 1.00 e. The van der Waals surface area contributed by atoms with Crippen LogP contribution in [0.2, 0.25) is 0 Å². The van der Waals surface area contributed by atoms with Gasteiger partial charge in [-0.15, -0.1) is 0 Å². The summed E-state index contributed by atoms with van der Waals surface area (Å²) >= 11 is 0. The minimum Gasteiger partial charge on any atom is -1.00 e. The molecule has 1 unspecified atom stereocenters. The van der Waals surface area contributed by atoms with Gasteiger partial charge in [0.2, 0.25) is 0 Å². The predicted molar refractivity (Wildman–Crippen MR) is 109 cm³/mol. The Labute approximate surface area is 190 Å². The fraction of sp³-hybridized carbons (Fsp3) is 0.455. The number of ketones is 1. The first-order valence-electron chi connectivity index (χ1n) is 9.67. The van der Waals surface area contributed by atoms with Crippen LogP contribution in [0.25, 0.3) is 10.9 Å². The van der Waals surface area contributed by atoms with E-state index < -0.39 is 0 Å². The first kappa shape index (κ1) is 22.7. The van der Waals surface area contributed by atoms with Gasteiger partial charge in [-0.1, -0.05) is 36.7 Å². The molecule has 1 atom stereocenters. The molecule has 0 saturated carbocycles. The van der Waals surface area contributed by atoms with E-state index in [1.165, 1.54) is 10.9 Å². The van der Waals surface area contributed by atoms with E-state index in [0.717, 1.165) is 17.6 Å². The van der Waals surface area contributed by atoms with E-state index in [1.54, 1.807) is 0 Å². The number of carbonyl (C=O) groups excluding carboxylic acids is 1. The van der Waals surface area contributed by atoms with Crippen LogP contribution >= 0.6 is 0 Å². The summed E-state index contributed by atoms with van der Waals surface area (Å²) in [6.07, 6.45) is 2.27. The third-order valence-corrected chi connectivity index (χ3v) is 5.32. The molecule has 0 radical (unpaired) electrons. The molecule has 6 heteroatoms. The molecule has 2 aromatic rings. The number of aliphatic hydroxyl groups is 1. The van der Waals surface area contributed by atoms with Crippen LogP contribution in [0.15, 0.2) is 40.8 Å². The molecule has 0 amide bonds. The zero-order chi connectivity index (χ0) is 19.6. The predicted octanol–water partition coefficient (Wildman–Crippen LogP) is 2.05. The number of fused-ring (bicyclic) bond motifs is 1. The summed E-state index contributed by atoms with van der Waals surface area (Å²) in [7, 11) is 2.03. The molecule has 0 bridgehead atoms. The summed E-state index contributed by atoms with van der Waals surface area (Å²) in [5, 5.41) is 16.0. The molecule has 3 rings (SSSR count). The number of allylic oxidation sites excluding steroid dienone is 2. The first-order valence-corrected chi connectivity index (χ1v) is 9.67. The molecule has 0 saturated heterocycles. The third kappa shape index (κ3) is 4.22. The molecule has 1 aromatic carbocycles. The Bertz CT molecular complexity index is 895. The molecule has 5 nitrogen and oxygen atoms in total. The van der Waals surface area contributed by atoms with Crippen molar-refractivity contribution in [3.63, 3.8) is 0 Å². The minimum atomic E-state index is -0.0553. The van der Waals surface area contributed by atoms with E-state index in [4.69, 9.17) is 4.84 Å². The van der Waals surface area contributed by atoms with Crippen molar-refractivity contribution in [2.75, 3.05) is 6.61 Å². The average molecular weight is 392 g/mol. The number of Topliss-reactive ketones (excluding diaryl/α,β-unsaturated/α-hetero) is 1. The molecule has 0 fully saturated rings. The van der Waals surface area contributed by atoms with Gasteiger partial charge in [0.15, 0.2) is 5.78 Å². The van der Waals surface area contributed by atoms with E-state index in [-0.39, 0.29) is 48.4 Å². The third-order valence-electron chi connectivity index (χ3n) is 5.32. The Morgan fingerprint density at radius 3 is 2.64 bits per heavy atom. The quantitative estimate of drug-likeness (QED) is 0.465. The van der Waals surface area contributed by atoms with E-state index in [2.05, 4.69) is 28.8 Å². The van der Waals surface area contributed by atoms with Gasteiger partial charge < -0.3 is 15.9 Å². The molecule has 1 aliphatic carbocycles. The summed E-state index contributed by atoms with van der Waals surface area (Å²) < 4.78 is 2.15. The van der Waals surface area contributed by atoms with Crippen LogP contribution in [0.3, 0.4) is 0 Å².